The van der Waals surface area contributed by atoms with E-state index in [-0.39, 0.29) is 18.1 Å². The Morgan fingerprint density at radius 1 is 1.03 bits per heavy atom. The van der Waals surface area contributed by atoms with E-state index < -0.39 is 47.9 Å². The number of nitrogens with one attached hydrogen (secondary N) is 4. The summed E-state index contributed by atoms with van der Waals surface area (Å²) in [5.41, 5.74) is 7.87. The van der Waals surface area contributed by atoms with Crippen molar-refractivity contribution in [1.82, 2.24) is 20.9 Å². The standard InChI is InChI=1S/C22H31N5O5S/c1-11(2)18(22(31)32)27-21(30)17(10-33)26-19(28)12(3)25-20(29)15(23)8-13-9-24-16-7-5-4-6-14(13)16/h4-7,9,11-12,15,17-18,24,33H,8,10,23H2,1-3H3,(H,25,29)(H,26,28)(H,27,30)(H,31,32). The Labute approximate surface area is 197 Å². The molecule has 180 valence electrons. The van der Waals surface area contributed by atoms with Gasteiger partial charge in [0.25, 0.3) is 0 Å². The molecule has 0 saturated carbocycles. The highest BCUT2D eigenvalue weighted by Gasteiger charge is 2.29. The number of thiol groups is 1. The van der Waals surface area contributed by atoms with Crippen molar-refractivity contribution in [2.24, 2.45) is 11.7 Å². The number of amides is 3. The van der Waals surface area contributed by atoms with Crippen LogP contribution in [0.3, 0.4) is 0 Å². The zero-order chi connectivity index (χ0) is 24.7. The normalized spacial score (nSPS) is 14.8. The fraction of sp³-hybridized carbons (Fsp3) is 0.455. The van der Waals surface area contributed by atoms with E-state index in [9.17, 15) is 24.3 Å². The average molecular weight is 478 g/mol. The minimum Gasteiger partial charge on any atom is -0.480 e. The second kappa shape index (κ2) is 11.7. The third-order valence-electron chi connectivity index (χ3n) is 5.25. The molecule has 0 aliphatic carbocycles. The van der Waals surface area contributed by atoms with Crippen molar-refractivity contribution >= 4 is 47.2 Å². The lowest BCUT2D eigenvalue weighted by Gasteiger charge is -2.24. The van der Waals surface area contributed by atoms with Gasteiger partial charge in [-0.25, -0.2) is 4.79 Å². The van der Waals surface area contributed by atoms with E-state index in [1.165, 1.54) is 6.92 Å². The highest BCUT2D eigenvalue weighted by Crippen LogP contribution is 2.18. The minimum atomic E-state index is -1.17. The summed E-state index contributed by atoms with van der Waals surface area (Å²) in [6, 6.07) is 3.62. The van der Waals surface area contributed by atoms with Gasteiger partial charge in [-0.15, -0.1) is 0 Å². The monoisotopic (exact) mass is 477 g/mol. The van der Waals surface area contributed by atoms with Crippen LogP contribution in [-0.4, -0.2) is 63.7 Å². The number of carbonyl (C=O) groups excluding carboxylic acids is 3. The molecule has 1 aromatic carbocycles. The molecule has 0 saturated heterocycles. The van der Waals surface area contributed by atoms with Crippen molar-refractivity contribution < 1.29 is 24.3 Å². The van der Waals surface area contributed by atoms with Gasteiger partial charge >= 0.3 is 5.97 Å². The Balaban J connectivity index is 1.92. The molecule has 11 heteroatoms. The van der Waals surface area contributed by atoms with Gasteiger partial charge in [0, 0.05) is 22.9 Å². The fourth-order valence-electron chi connectivity index (χ4n) is 3.27. The van der Waals surface area contributed by atoms with E-state index in [4.69, 9.17) is 5.73 Å². The van der Waals surface area contributed by atoms with Gasteiger partial charge in [0.05, 0.1) is 6.04 Å². The molecule has 0 spiro atoms. The number of hydrogen-bond donors (Lipinski definition) is 7. The SMILES string of the molecule is CC(NC(=O)C(N)Cc1c[nH]c2ccccc12)C(=O)NC(CS)C(=O)NC(C(=O)O)C(C)C. The third-order valence-corrected chi connectivity index (χ3v) is 5.61. The Morgan fingerprint density at radius 2 is 1.70 bits per heavy atom. The number of aliphatic carboxylic acids is 1. The molecule has 0 bridgehead atoms. The number of carboxylic acid groups (broad SMARTS) is 1. The van der Waals surface area contributed by atoms with Crippen LogP contribution in [0, 0.1) is 5.92 Å². The molecule has 0 radical (unpaired) electrons. The van der Waals surface area contributed by atoms with Gasteiger partial charge in [-0.2, -0.15) is 12.6 Å². The van der Waals surface area contributed by atoms with Crippen LogP contribution in [0.15, 0.2) is 30.5 Å². The molecule has 4 atom stereocenters. The summed E-state index contributed by atoms with van der Waals surface area (Å²) in [6.45, 7) is 4.78. The summed E-state index contributed by atoms with van der Waals surface area (Å²) in [7, 11) is 0. The van der Waals surface area contributed by atoms with E-state index >= 15 is 0 Å². The number of fused-ring (bicyclic) bond motifs is 1. The van der Waals surface area contributed by atoms with E-state index in [0.717, 1.165) is 16.5 Å². The maximum Gasteiger partial charge on any atom is 0.326 e. The van der Waals surface area contributed by atoms with Crippen LogP contribution in [-0.2, 0) is 25.6 Å². The number of carbonyl (C=O) groups is 4. The maximum absolute atomic E-state index is 12.5. The number of rotatable bonds is 11. The largest absolute Gasteiger partial charge is 0.480 e. The molecule has 4 unspecified atom stereocenters. The van der Waals surface area contributed by atoms with Crippen molar-refractivity contribution in [1.29, 1.82) is 0 Å². The number of hydrogen-bond acceptors (Lipinski definition) is 6. The van der Waals surface area contributed by atoms with E-state index in [0.29, 0.717) is 0 Å². The highest BCUT2D eigenvalue weighted by atomic mass is 32.1. The molecule has 1 aromatic heterocycles. The lowest BCUT2D eigenvalue weighted by molar-refractivity contribution is -0.143. The molecule has 1 heterocycles. The van der Waals surface area contributed by atoms with Crippen molar-refractivity contribution in [3.63, 3.8) is 0 Å². The van der Waals surface area contributed by atoms with Gasteiger partial charge in [-0.3, -0.25) is 14.4 Å². The number of para-hydroxylation sites is 1. The molecule has 0 fully saturated rings. The summed E-state index contributed by atoms with van der Waals surface area (Å²) in [6.07, 6.45) is 2.07. The second-order valence-electron chi connectivity index (χ2n) is 8.21. The topological polar surface area (TPSA) is 166 Å². The van der Waals surface area contributed by atoms with Crippen LogP contribution < -0.4 is 21.7 Å². The van der Waals surface area contributed by atoms with Crippen molar-refractivity contribution in [2.75, 3.05) is 5.75 Å². The summed E-state index contributed by atoms with van der Waals surface area (Å²) in [5, 5.41) is 17.6. The molecule has 0 aliphatic rings. The van der Waals surface area contributed by atoms with Gasteiger partial charge in [-0.05, 0) is 30.9 Å². The lowest BCUT2D eigenvalue weighted by Crippen LogP contribution is -2.57. The number of benzene rings is 1. The molecule has 3 amide bonds. The lowest BCUT2D eigenvalue weighted by atomic mass is 10.0. The van der Waals surface area contributed by atoms with Crippen LogP contribution in [0.4, 0.5) is 0 Å². The first-order valence-corrected chi connectivity index (χ1v) is 11.2. The van der Waals surface area contributed by atoms with Crippen LogP contribution in [0.5, 0.6) is 0 Å². The zero-order valence-electron chi connectivity index (χ0n) is 18.8. The number of nitrogens with two attached hydrogens (primary N) is 1. The number of H-pyrrole nitrogens is 1. The molecule has 2 aromatic rings. The molecule has 10 nitrogen and oxygen atoms in total. The van der Waals surface area contributed by atoms with Gasteiger partial charge in [0.15, 0.2) is 0 Å². The first-order chi connectivity index (χ1) is 15.5. The molecule has 0 aliphatic heterocycles. The first kappa shape index (κ1) is 26.2. The summed E-state index contributed by atoms with van der Waals surface area (Å²) in [4.78, 5) is 51.9. The van der Waals surface area contributed by atoms with Crippen molar-refractivity contribution in [2.45, 2.75) is 51.4 Å². The van der Waals surface area contributed by atoms with Crippen LogP contribution in [0.25, 0.3) is 10.9 Å². The predicted octanol–water partition coefficient (Wildman–Crippen LogP) is 0.182. The molecular weight excluding hydrogens is 446 g/mol. The van der Waals surface area contributed by atoms with Crippen molar-refractivity contribution in [3.05, 3.63) is 36.0 Å². The van der Waals surface area contributed by atoms with Crippen molar-refractivity contribution in [3.8, 4) is 0 Å². The van der Waals surface area contributed by atoms with E-state index in [1.54, 1.807) is 20.0 Å². The Morgan fingerprint density at radius 3 is 2.30 bits per heavy atom. The maximum atomic E-state index is 12.5. The fourth-order valence-corrected chi connectivity index (χ4v) is 3.53. The van der Waals surface area contributed by atoms with E-state index in [2.05, 4.69) is 33.6 Å². The number of aromatic nitrogens is 1. The average Bonchev–Trinajstić information content (AvgIpc) is 3.17. The predicted molar refractivity (Wildman–Crippen MR) is 128 cm³/mol. The minimum absolute atomic E-state index is 0.0528. The van der Waals surface area contributed by atoms with Gasteiger partial charge in [-0.1, -0.05) is 32.0 Å². The van der Waals surface area contributed by atoms with Crippen LogP contribution in [0.1, 0.15) is 26.3 Å². The molecular formula is C22H31N5O5S. The number of carboxylic acids is 1. The zero-order valence-corrected chi connectivity index (χ0v) is 19.7. The van der Waals surface area contributed by atoms with Gasteiger partial charge in [0.1, 0.15) is 18.1 Å². The summed E-state index contributed by atoms with van der Waals surface area (Å²) >= 11 is 4.07. The smallest absolute Gasteiger partial charge is 0.326 e. The van der Waals surface area contributed by atoms with E-state index in [1.807, 2.05) is 24.3 Å². The van der Waals surface area contributed by atoms with Gasteiger partial charge < -0.3 is 31.8 Å². The third kappa shape index (κ3) is 6.96. The van der Waals surface area contributed by atoms with Crippen LogP contribution >= 0.6 is 12.6 Å². The van der Waals surface area contributed by atoms with Gasteiger partial charge in [0.2, 0.25) is 17.7 Å². The molecule has 7 N–H and O–H groups in total. The summed E-state index contributed by atoms with van der Waals surface area (Å²) in [5.74, 6) is -3.38. The highest BCUT2D eigenvalue weighted by molar-refractivity contribution is 7.80. The Bertz CT molecular complexity index is 1010. The second-order valence-corrected chi connectivity index (χ2v) is 8.58. The molecule has 2 rings (SSSR count). The Hall–Kier alpha value is -3.05. The molecule has 33 heavy (non-hydrogen) atoms. The number of aromatic amines is 1. The quantitative estimate of drug-likeness (QED) is 0.228. The van der Waals surface area contributed by atoms with Crippen LogP contribution in [0.2, 0.25) is 0 Å². The summed E-state index contributed by atoms with van der Waals surface area (Å²) < 4.78 is 0. The Kier molecular flexibility index (Phi) is 9.30. The first-order valence-electron chi connectivity index (χ1n) is 10.6.